The van der Waals surface area contributed by atoms with E-state index < -0.39 is 0 Å². The Morgan fingerprint density at radius 3 is 2.90 bits per heavy atom. The lowest BCUT2D eigenvalue weighted by Gasteiger charge is -2.26. The van der Waals surface area contributed by atoms with Crippen LogP contribution in [-0.2, 0) is 9.53 Å². The molecule has 31 heavy (non-hydrogen) atoms. The molecule has 0 aliphatic carbocycles. The SMILES string of the molecule is COc1cccc(C(CC(=O)NCCN2CCOCC2)c2cnc3c(C)cccn23)c1. The second-order valence-corrected chi connectivity index (χ2v) is 7.91. The van der Waals surface area contributed by atoms with Crippen molar-refractivity contribution in [3.8, 4) is 5.75 Å². The lowest BCUT2D eigenvalue weighted by molar-refractivity contribution is -0.121. The van der Waals surface area contributed by atoms with Gasteiger partial charge in [0.2, 0.25) is 5.91 Å². The van der Waals surface area contributed by atoms with Gasteiger partial charge in [0.25, 0.3) is 0 Å². The van der Waals surface area contributed by atoms with Gasteiger partial charge in [0.05, 0.1) is 26.0 Å². The molecule has 1 aliphatic heterocycles. The average molecular weight is 423 g/mol. The topological polar surface area (TPSA) is 68.1 Å². The molecule has 2 aromatic heterocycles. The van der Waals surface area contributed by atoms with Crippen molar-refractivity contribution in [2.75, 3.05) is 46.5 Å². The number of carbonyl (C=O) groups is 1. The second kappa shape index (κ2) is 9.94. The lowest BCUT2D eigenvalue weighted by atomic mass is 9.92. The minimum Gasteiger partial charge on any atom is -0.497 e. The van der Waals surface area contributed by atoms with E-state index in [2.05, 4.69) is 19.6 Å². The number of methoxy groups -OCH3 is 1. The molecule has 3 aromatic rings. The van der Waals surface area contributed by atoms with Crippen LogP contribution in [0.15, 0.2) is 48.8 Å². The average Bonchev–Trinajstić information content (AvgIpc) is 3.23. The van der Waals surface area contributed by atoms with Gasteiger partial charge in [-0.15, -0.1) is 0 Å². The number of fused-ring (bicyclic) bond motifs is 1. The van der Waals surface area contributed by atoms with E-state index in [4.69, 9.17) is 9.47 Å². The molecule has 7 nitrogen and oxygen atoms in total. The van der Waals surface area contributed by atoms with E-state index >= 15 is 0 Å². The Hall–Kier alpha value is -2.90. The third kappa shape index (κ3) is 5.06. The van der Waals surface area contributed by atoms with Crippen molar-refractivity contribution in [3.63, 3.8) is 0 Å². The predicted octanol–water partition coefficient (Wildman–Crippen LogP) is 2.62. The van der Waals surface area contributed by atoms with E-state index in [1.165, 1.54) is 0 Å². The number of hydrogen-bond donors (Lipinski definition) is 1. The number of aromatic nitrogens is 2. The van der Waals surface area contributed by atoms with E-state index in [0.29, 0.717) is 13.0 Å². The Labute approximate surface area is 183 Å². The maximum Gasteiger partial charge on any atom is 0.221 e. The molecule has 1 amide bonds. The largest absolute Gasteiger partial charge is 0.497 e. The van der Waals surface area contributed by atoms with Crippen molar-refractivity contribution in [2.24, 2.45) is 0 Å². The van der Waals surface area contributed by atoms with Crippen LogP contribution in [-0.4, -0.2) is 66.7 Å². The first-order valence-corrected chi connectivity index (χ1v) is 10.8. The summed E-state index contributed by atoms with van der Waals surface area (Å²) in [6.45, 7) is 6.89. The van der Waals surface area contributed by atoms with Crippen LogP contribution in [0, 0.1) is 6.92 Å². The zero-order chi connectivity index (χ0) is 21.6. The number of aryl methyl sites for hydroxylation is 1. The summed E-state index contributed by atoms with van der Waals surface area (Å²) < 4.78 is 12.9. The van der Waals surface area contributed by atoms with Gasteiger partial charge in [0, 0.05) is 50.9 Å². The molecule has 164 valence electrons. The number of morpholine rings is 1. The van der Waals surface area contributed by atoms with Crippen molar-refractivity contribution < 1.29 is 14.3 Å². The quantitative estimate of drug-likeness (QED) is 0.604. The highest BCUT2D eigenvalue weighted by Gasteiger charge is 2.23. The molecule has 3 heterocycles. The monoisotopic (exact) mass is 422 g/mol. The molecule has 1 fully saturated rings. The number of hydrogen-bond acceptors (Lipinski definition) is 5. The van der Waals surface area contributed by atoms with Crippen LogP contribution >= 0.6 is 0 Å². The summed E-state index contributed by atoms with van der Waals surface area (Å²) in [5.41, 5.74) is 4.05. The molecular weight excluding hydrogens is 392 g/mol. The fourth-order valence-electron chi connectivity index (χ4n) is 4.12. The summed E-state index contributed by atoms with van der Waals surface area (Å²) in [6.07, 6.45) is 4.24. The number of amides is 1. The predicted molar refractivity (Wildman–Crippen MR) is 120 cm³/mol. The minimum absolute atomic E-state index is 0.0312. The van der Waals surface area contributed by atoms with Crippen LogP contribution in [0.5, 0.6) is 5.75 Å². The van der Waals surface area contributed by atoms with Crippen LogP contribution in [0.25, 0.3) is 5.65 Å². The maximum atomic E-state index is 12.9. The van der Waals surface area contributed by atoms with Crippen molar-refractivity contribution in [1.29, 1.82) is 0 Å². The van der Waals surface area contributed by atoms with Gasteiger partial charge in [-0.25, -0.2) is 4.98 Å². The van der Waals surface area contributed by atoms with Gasteiger partial charge in [-0.2, -0.15) is 0 Å². The van der Waals surface area contributed by atoms with Gasteiger partial charge in [-0.3, -0.25) is 9.69 Å². The fraction of sp³-hybridized carbons (Fsp3) is 0.417. The first-order chi connectivity index (χ1) is 15.2. The number of pyridine rings is 1. The molecule has 1 atom stereocenters. The molecule has 0 bridgehead atoms. The summed E-state index contributed by atoms with van der Waals surface area (Å²) in [6, 6.07) is 12.0. The van der Waals surface area contributed by atoms with Crippen LogP contribution in [0.3, 0.4) is 0 Å². The molecule has 1 aliphatic rings. The molecule has 1 N–H and O–H groups in total. The van der Waals surface area contributed by atoms with Crippen LogP contribution in [0.4, 0.5) is 0 Å². The standard InChI is InChI=1S/C24H30N4O3/c1-18-5-4-9-28-22(17-26-24(18)28)21(19-6-3-7-20(15-19)30-2)16-23(29)25-8-10-27-11-13-31-14-12-27/h3-7,9,15,17,21H,8,10-14,16H2,1-2H3,(H,25,29). The van der Waals surface area contributed by atoms with Crippen molar-refractivity contribution >= 4 is 11.6 Å². The molecule has 7 heteroatoms. The minimum atomic E-state index is -0.129. The molecule has 4 rings (SSSR count). The zero-order valence-electron chi connectivity index (χ0n) is 18.2. The molecule has 0 spiro atoms. The van der Waals surface area contributed by atoms with Gasteiger partial charge in [0.15, 0.2) is 0 Å². The molecule has 1 aromatic carbocycles. The maximum absolute atomic E-state index is 12.9. The van der Waals surface area contributed by atoms with Gasteiger partial charge >= 0.3 is 0 Å². The van der Waals surface area contributed by atoms with E-state index in [0.717, 1.165) is 61.1 Å². The Balaban J connectivity index is 1.53. The van der Waals surface area contributed by atoms with Crippen molar-refractivity contribution in [2.45, 2.75) is 19.3 Å². The van der Waals surface area contributed by atoms with Crippen molar-refractivity contribution in [1.82, 2.24) is 19.6 Å². The number of nitrogens with one attached hydrogen (secondary N) is 1. The zero-order valence-corrected chi connectivity index (χ0v) is 18.2. The highest BCUT2D eigenvalue weighted by Crippen LogP contribution is 2.31. The Kier molecular flexibility index (Phi) is 6.84. The number of rotatable bonds is 8. The molecular formula is C24H30N4O3. The molecule has 1 unspecified atom stereocenters. The van der Waals surface area contributed by atoms with E-state index in [9.17, 15) is 4.79 Å². The fourth-order valence-corrected chi connectivity index (χ4v) is 4.12. The van der Waals surface area contributed by atoms with E-state index in [1.807, 2.05) is 55.7 Å². The number of benzene rings is 1. The number of nitrogens with zero attached hydrogens (tertiary/aromatic N) is 3. The van der Waals surface area contributed by atoms with Crippen LogP contribution < -0.4 is 10.1 Å². The third-order valence-electron chi connectivity index (χ3n) is 5.86. The summed E-state index contributed by atoms with van der Waals surface area (Å²) in [5, 5.41) is 3.10. The normalized spacial score (nSPS) is 15.7. The Morgan fingerprint density at radius 2 is 2.10 bits per heavy atom. The van der Waals surface area contributed by atoms with Gasteiger partial charge < -0.3 is 19.2 Å². The van der Waals surface area contributed by atoms with E-state index in [1.54, 1.807) is 7.11 Å². The van der Waals surface area contributed by atoms with Gasteiger partial charge in [-0.1, -0.05) is 18.2 Å². The number of ether oxygens (including phenoxy) is 2. The lowest BCUT2D eigenvalue weighted by Crippen LogP contribution is -2.41. The van der Waals surface area contributed by atoms with Crippen LogP contribution in [0.1, 0.15) is 29.2 Å². The van der Waals surface area contributed by atoms with Crippen molar-refractivity contribution in [3.05, 3.63) is 65.6 Å². The van der Waals surface area contributed by atoms with Gasteiger partial charge in [-0.05, 0) is 36.2 Å². The second-order valence-electron chi connectivity index (χ2n) is 7.91. The highest BCUT2D eigenvalue weighted by atomic mass is 16.5. The highest BCUT2D eigenvalue weighted by molar-refractivity contribution is 5.77. The summed E-state index contributed by atoms with van der Waals surface area (Å²) >= 11 is 0. The Morgan fingerprint density at radius 1 is 1.26 bits per heavy atom. The Bertz CT molecular complexity index is 1030. The van der Waals surface area contributed by atoms with Gasteiger partial charge in [0.1, 0.15) is 11.4 Å². The first kappa shape index (κ1) is 21.3. The molecule has 0 saturated carbocycles. The molecule has 0 radical (unpaired) electrons. The number of carbonyl (C=O) groups excluding carboxylic acids is 1. The summed E-state index contributed by atoms with van der Waals surface area (Å²) in [7, 11) is 1.66. The summed E-state index contributed by atoms with van der Waals surface area (Å²) in [5.74, 6) is 0.680. The summed E-state index contributed by atoms with van der Waals surface area (Å²) in [4.78, 5) is 19.8. The number of imidazole rings is 1. The van der Waals surface area contributed by atoms with Crippen LogP contribution in [0.2, 0.25) is 0 Å². The third-order valence-corrected chi connectivity index (χ3v) is 5.86. The first-order valence-electron chi connectivity index (χ1n) is 10.8. The smallest absolute Gasteiger partial charge is 0.221 e. The van der Waals surface area contributed by atoms with E-state index in [-0.39, 0.29) is 11.8 Å². The molecule has 1 saturated heterocycles.